The molecule has 80 valence electrons. The third kappa shape index (κ3) is 2.67. The number of carbonyl (C=O) groups excluding carboxylic acids is 1. The summed E-state index contributed by atoms with van der Waals surface area (Å²) in [5, 5.41) is 9.26. The van der Waals surface area contributed by atoms with Crippen LogP contribution in [-0.4, -0.2) is 19.0 Å². The molecule has 1 aromatic carbocycles. The lowest BCUT2D eigenvalue weighted by Gasteiger charge is -2.06. The predicted octanol–water partition coefficient (Wildman–Crippen LogP) is 1.29. The molecule has 6 heteroatoms. The van der Waals surface area contributed by atoms with Crippen LogP contribution < -0.4 is 11.1 Å². The summed E-state index contributed by atoms with van der Waals surface area (Å²) in [5.74, 6) is -0.911. The van der Waals surface area contributed by atoms with Crippen molar-refractivity contribution in [2.24, 2.45) is 5.73 Å². The Morgan fingerprint density at radius 2 is 2.27 bits per heavy atom. The van der Waals surface area contributed by atoms with Gasteiger partial charge in [-0.05, 0) is 18.2 Å². The number of nitrogens with two attached hydrogens (primary N) is 1. The first kappa shape index (κ1) is 11.0. The highest BCUT2D eigenvalue weighted by atomic mass is 19.1. The molecule has 0 aliphatic carbocycles. The minimum Gasteiger partial charge on any atom is -0.453 e. The number of halogens is 1. The first-order valence-electron chi connectivity index (χ1n) is 4.03. The minimum absolute atomic E-state index is 0.0214. The molecule has 0 aliphatic rings. The zero-order valence-electron chi connectivity index (χ0n) is 8.00. The molecule has 1 aromatic rings. The molecular formula is C9H10FN3O2. The Bertz CT molecular complexity index is 406. The van der Waals surface area contributed by atoms with Crippen molar-refractivity contribution in [2.45, 2.75) is 0 Å². The van der Waals surface area contributed by atoms with Crippen molar-refractivity contribution in [1.29, 1.82) is 5.41 Å². The molecule has 0 bridgehead atoms. The molecule has 0 aliphatic heterocycles. The number of hydrogen-bond acceptors (Lipinski definition) is 3. The quantitative estimate of drug-likeness (QED) is 0.508. The largest absolute Gasteiger partial charge is 0.453 e. The van der Waals surface area contributed by atoms with E-state index in [9.17, 15) is 9.18 Å². The molecule has 5 nitrogen and oxygen atoms in total. The van der Waals surface area contributed by atoms with Crippen molar-refractivity contribution in [3.05, 3.63) is 29.6 Å². The molecule has 0 atom stereocenters. The van der Waals surface area contributed by atoms with Gasteiger partial charge in [-0.15, -0.1) is 0 Å². The summed E-state index contributed by atoms with van der Waals surface area (Å²) in [6.45, 7) is 0. The van der Waals surface area contributed by atoms with E-state index in [-0.39, 0.29) is 17.1 Å². The Labute approximate surface area is 85.5 Å². The molecule has 0 radical (unpaired) electrons. The van der Waals surface area contributed by atoms with E-state index in [1.807, 2.05) is 0 Å². The van der Waals surface area contributed by atoms with E-state index < -0.39 is 11.9 Å². The highest BCUT2D eigenvalue weighted by molar-refractivity contribution is 5.95. The standard InChI is InChI=1S/C9H10FN3O2/c1-15-9(14)13-7-3-2-5(8(11)12)4-6(7)10/h2-4H,1H3,(H3,11,12)(H,13,14). The Kier molecular flexibility index (Phi) is 3.22. The third-order valence-corrected chi connectivity index (χ3v) is 1.70. The van der Waals surface area contributed by atoms with E-state index in [0.717, 1.165) is 6.07 Å². The molecule has 4 N–H and O–H groups in total. The molecule has 0 saturated heterocycles. The average Bonchev–Trinajstić information content (AvgIpc) is 2.20. The van der Waals surface area contributed by atoms with Gasteiger partial charge in [-0.25, -0.2) is 9.18 Å². The smallest absolute Gasteiger partial charge is 0.411 e. The molecule has 0 heterocycles. The highest BCUT2D eigenvalue weighted by Crippen LogP contribution is 2.15. The summed E-state index contributed by atoms with van der Waals surface area (Å²) >= 11 is 0. The Morgan fingerprint density at radius 3 is 2.73 bits per heavy atom. The molecular weight excluding hydrogens is 201 g/mol. The van der Waals surface area contributed by atoms with Crippen LogP contribution in [0.4, 0.5) is 14.9 Å². The molecule has 0 aromatic heterocycles. The van der Waals surface area contributed by atoms with Gasteiger partial charge < -0.3 is 10.5 Å². The number of carbonyl (C=O) groups is 1. The highest BCUT2D eigenvalue weighted by Gasteiger charge is 2.08. The van der Waals surface area contributed by atoms with Crippen molar-refractivity contribution < 1.29 is 13.9 Å². The van der Waals surface area contributed by atoms with E-state index in [0.29, 0.717) is 0 Å². The van der Waals surface area contributed by atoms with Crippen LogP contribution in [0.25, 0.3) is 0 Å². The van der Waals surface area contributed by atoms with E-state index in [1.165, 1.54) is 19.2 Å². The van der Waals surface area contributed by atoms with Gasteiger partial charge in [0.1, 0.15) is 11.7 Å². The average molecular weight is 211 g/mol. The number of methoxy groups -OCH3 is 1. The zero-order valence-corrected chi connectivity index (χ0v) is 8.00. The minimum atomic E-state index is -0.760. The Hall–Kier alpha value is -2.11. The molecule has 0 saturated carbocycles. The Balaban J connectivity index is 2.93. The summed E-state index contributed by atoms with van der Waals surface area (Å²) < 4.78 is 17.6. The van der Waals surface area contributed by atoms with E-state index in [2.05, 4.69) is 10.1 Å². The van der Waals surface area contributed by atoms with Gasteiger partial charge in [0.25, 0.3) is 0 Å². The zero-order chi connectivity index (χ0) is 11.4. The van der Waals surface area contributed by atoms with Crippen molar-refractivity contribution in [3.8, 4) is 0 Å². The van der Waals surface area contributed by atoms with E-state index in [4.69, 9.17) is 11.1 Å². The first-order valence-corrected chi connectivity index (χ1v) is 4.03. The number of nitrogen functional groups attached to an aromatic ring is 1. The third-order valence-electron chi connectivity index (χ3n) is 1.70. The van der Waals surface area contributed by atoms with Crippen LogP contribution in [0.15, 0.2) is 18.2 Å². The van der Waals surface area contributed by atoms with Gasteiger partial charge in [0.05, 0.1) is 12.8 Å². The molecule has 15 heavy (non-hydrogen) atoms. The van der Waals surface area contributed by atoms with E-state index in [1.54, 1.807) is 0 Å². The second-order valence-electron chi connectivity index (χ2n) is 2.72. The van der Waals surface area contributed by atoms with Gasteiger partial charge in [-0.1, -0.05) is 0 Å². The number of anilines is 1. The van der Waals surface area contributed by atoms with Crippen LogP contribution in [0.1, 0.15) is 5.56 Å². The normalized spacial score (nSPS) is 9.47. The molecule has 1 amide bonds. The van der Waals surface area contributed by atoms with Crippen molar-refractivity contribution in [1.82, 2.24) is 0 Å². The second kappa shape index (κ2) is 4.41. The summed E-state index contributed by atoms with van der Waals surface area (Å²) in [4.78, 5) is 10.8. The van der Waals surface area contributed by atoms with Crippen LogP contribution in [0, 0.1) is 11.2 Å². The number of hydrogen-bond donors (Lipinski definition) is 3. The maximum absolute atomic E-state index is 13.3. The Morgan fingerprint density at radius 1 is 1.60 bits per heavy atom. The monoisotopic (exact) mass is 211 g/mol. The van der Waals surface area contributed by atoms with Gasteiger partial charge in [0, 0.05) is 5.56 Å². The molecule has 0 unspecified atom stereocenters. The summed E-state index contributed by atoms with van der Waals surface area (Å²) in [6, 6.07) is 3.80. The van der Waals surface area contributed by atoms with Crippen LogP contribution >= 0.6 is 0 Å². The summed E-state index contributed by atoms with van der Waals surface area (Å²) in [7, 11) is 1.18. The SMILES string of the molecule is COC(=O)Nc1ccc(C(=N)N)cc1F. The van der Waals surface area contributed by atoms with Crippen molar-refractivity contribution in [2.75, 3.05) is 12.4 Å². The summed E-state index contributed by atoms with van der Waals surface area (Å²) in [6.07, 6.45) is -0.760. The maximum atomic E-state index is 13.3. The van der Waals surface area contributed by atoms with Gasteiger partial charge in [-0.2, -0.15) is 0 Å². The maximum Gasteiger partial charge on any atom is 0.411 e. The van der Waals surface area contributed by atoms with Gasteiger partial charge in [0.2, 0.25) is 0 Å². The van der Waals surface area contributed by atoms with Gasteiger partial charge in [0.15, 0.2) is 0 Å². The van der Waals surface area contributed by atoms with Crippen LogP contribution in [0.3, 0.4) is 0 Å². The molecule has 0 spiro atoms. The van der Waals surface area contributed by atoms with Gasteiger partial charge >= 0.3 is 6.09 Å². The lowest BCUT2D eigenvalue weighted by molar-refractivity contribution is 0.187. The fourth-order valence-corrected chi connectivity index (χ4v) is 0.945. The number of amides is 1. The predicted molar refractivity (Wildman–Crippen MR) is 53.4 cm³/mol. The number of rotatable bonds is 2. The van der Waals surface area contributed by atoms with Crippen molar-refractivity contribution in [3.63, 3.8) is 0 Å². The number of amidine groups is 1. The second-order valence-corrected chi connectivity index (χ2v) is 2.72. The fourth-order valence-electron chi connectivity index (χ4n) is 0.945. The lowest BCUT2D eigenvalue weighted by Crippen LogP contribution is -2.14. The van der Waals surface area contributed by atoms with Crippen LogP contribution in [0.2, 0.25) is 0 Å². The topological polar surface area (TPSA) is 88.2 Å². The van der Waals surface area contributed by atoms with Gasteiger partial charge in [-0.3, -0.25) is 10.7 Å². The number of nitrogens with one attached hydrogen (secondary N) is 2. The molecule has 1 rings (SSSR count). The summed E-state index contributed by atoms with van der Waals surface area (Å²) in [5.41, 5.74) is 5.40. The first-order chi connectivity index (χ1) is 7.04. The fraction of sp³-hybridized carbons (Fsp3) is 0.111. The van der Waals surface area contributed by atoms with E-state index >= 15 is 0 Å². The van der Waals surface area contributed by atoms with Crippen LogP contribution in [-0.2, 0) is 4.74 Å². The number of ether oxygens (including phenoxy) is 1. The lowest BCUT2D eigenvalue weighted by atomic mass is 10.2. The van der Waals surface area contributed by atoms with Crippen LogP contribution in [0.5, 0.6) is 0 Å². The van der Waals surface area contributed by atoms with Crippen molar-refractivity contribution >= 4 is 17.6 Å². The molecule has 0 fully saturated rings. The number of benzene rings is 1.